The van der Waals surface area contributed by atoms with Crippen molar-refractivity contribution < 1.29 is 4.79 Å². The fraction of sp³-hybridized carbons (Fsp3) is 0.500. The van der Waals surface area contributed by atoms with E-state index in [-0.39, 0.29) is 5.91 Å². The second-order valence-electron chi connectivity index (χ2n) is 4.89. The largest absolute Gasteiger partial charge is 0.398 e. The first kappa shape index (κ1) is 12.9. The molecule has 1 aliphatic rings. The molecule has 3 N–H and O–H groups in total. The zero-order valence-corrected chi connectivity index (χ0v) is 10.9. The van der Waals surface area contributed by atoms with Crippen molar-refractivity contribution in [1.29, 1.82) is 0 Å². The van der Waals surface area contributed by atoms with Gasteiger partial charge in [0.1, 0.15) is 0 Å². The maximum atomic E-state index is 12.0. The van der Waals surface area contributed by atoms with Crippen LogP contribution < -0.4 is 11.1 Å². The molecular formula is C14H21N3O. The third-order valence-corrected chi connectivity index (χ3v) is 3.53. The Morgan fingerprint density at radius 1 is 1.39 bits per heavy atom. The van der Waals surface area contributed by atoms with Gasteiger partial charge in [-0.15, -0.1) is 0 Å². The van der Waals surface area contributed by atoms with Gasteiger partial charge >= 0.3 is 0 Å². The van der Waals surface area contributed by atoms with Gasteiger partial charge in [0.15, 0.2) is 0 Å². The minimum atomic E-state index is -0.0841. The van der Waals surface area contributed by atoms with Gasteiger partial charge in [0.2, 0.25) is 0 Å². The lowest BCUT2D eigenvalue weighted by Gasteiger charge is -2.23. The lowest BCUT2D eigenvalue weighted by Crippen LogP contribution is -2.40. The minimum Gasteiger partial charge on any atom is -0.398 e. The lowest BCUT2D eigenvalue weighted by atomic mass is 10.1. The van der Waals surface area contributed by atoms with Crippen LogP contribution in [0.2, 0.25) is 0 Å². The SMILES string of the molecule is CC(CNC(=O)c1ccccc1N)N1CCCC1. The van der Waals surface area contributed by atoms with Crippen molar-refractivity contribution >= 4 is 11.6 Å². The van der Waals surface area contributed by atoms with Crippen molar-refractivity contribution in [2.24, 2.45) is 0 Å². The van der Waals surface area contributed by atoms with Gasteiger partial charge < -0.3 is 11.1 Å². The highest BCUT2D eigenvalue weighted by Crippen LogP contribution is 2.12. The number of benzene rings is 1. The van der Waals surface area contributed by atoms with Gasteiger partial charge in [0.25, 0.3) is 5.91 Å². The van der Waals surface area contributed by atoms with Gasteiger partial charge in [-0.1, -0.05) is 12.1 Å². The number of amides is 1. The molecule has 0 radical (unpaired) electrons. The number of para-hydroxylation sites is 1. The molecule has 4 heteroatoms. The highest BCUT2D eigenvalue weighted by molar-refractivity contribution is 5.99. The summed E-state index contributed by atoms with van der Waals surface area (Å²) in [4.78, 5) is 14.4. The molecule has 1 aliphatic heterocycles. The number of carbonyl (C=O) groups excluding carboxylic acids is 1. The standard InChI is InChI=1S/C14H21N3O/c1-11(17-8-4-5-9-17)10-16-14(18)12-6-2-3-7-13(12)15/h2-3,6-7,11H,4-5,8-10,15H2,1H3,(H,16,18). The quantitative estimate of drug-likeness (QED) is 0.792. The number of nitrogens with one attached hydrogen (secondary N) is 1. The number of carbonyl (C=O) groups is 1. The Bertz CT molecular complexity index is 413. The summed E-state index contributed by atoms with van der Waals surface area (Å²) in [5, 5.41) is 2.96. The molecule has 18 heavy (non-hydrogen) atoms. The molecule has 98 valence electrons. The van der Waals surface area contributed by atoms with Crippen LogP contribution >= 0.6 is 0 Å². The summed E-state index contributed by atoms with van der Waals surface area (Å²) in [6, 6.07) is 7.55. The first-order valence-electron chi connectivity index (χ1n) is 6.55. The Hall–Kier alpha value is -1.55. The zero-order chi connectivity index (χ0) is 13.0. The van der Waals surface area contributed by atoms with Crippen LogP contribution in [0, 0.1) is 0 Å². The van der Waals surface area contributed by atoms with E-state index in [4.69, 9.17) is 5.73 Å². The van der Waals surface area contributed by atoms with Crippen LogP contribution in [0.3, 0.4) is 0 Å². The van der Waals surface area contributed by atoms with E-state index in [1.165, 1.54) is 12.8 Å². The number of rotatable bonds is 4. The van der Waals surface area contributed by atoms with Crippen LogP contribution in [-0.4, -0.2) is 36.5 Å². The smallest absolute Gasteiger partial charge is 0.253 e. The monoisotopic (exact) mass is 247 g/mol. The van der Waals surface area contributed by atoms with Crippen molar-refractivity contribution in [3.8, 4) is 0 Å². The van der Waals surface area contributed by atoms with E-state index in [1.807, 2.05) is 12.1 Å². The number of nitrogens with zero attached hydrogens (tertiary/aromatic N) is 1. The third-order valence-electron chi connectivity index (χ3n) is 3.53. The van der Waals surface area contributed by atoms with Gasteiger partial charge in [-0.05, 0) is 45.0 Å². The molecule has 1 amide bonds. The van der Waals surface area contributed by atoms with E-state index in [9.17, 15) is 4.79 Å². The molecule has 2 rings (SSSR count). The maximum absolute atomic E-state index is 12.0. The van der Waals surface area contributed by atoms with E-state index in [0.29, 0.717) is 23.8 Å². The highest BCUT2D eigenvalue weighted by Gasteiger charge is 2.18. The van der Waals surface area contributed by atoms with Crippen LogP contribution in [-0.2, 0) is 0 Å². The first-order chi connectivity index (χ1) is 8.68. The number of anilines is 1. The number of nitrogens with two attached hydrogens (primary N) is 1. The second-order valence-corrected chi connectivity index (χ2v) is 4.89. The fourth-order valence-electron chi connectivity index (χ4n) is 2.35. The van der Waals surface area contributed by atoms with Crippen LogP contribution in [0.1, 0.15) is 30.1 Å². The van der Waals surface area contributed by atoms with Crippen LogP contribution in [0.25, 0.3) is 0 Å². The number of hydrogen-bond donors (Lipinski definition) is 2. The van der Waals surface area contributed by atoms with Crippen LogP contribution in [0.15, 0.2) is 24.3 Å². The molecule has 0 aromatic heterocycles. The summed E-state index contributed by atoms with van der Waals surface area (Å²) in [5.74, 6) is -0.0841. The van der Waals surface area contributed by atoms with E-state index in [2.05, 4.69) is 17.1 Å². The van der Waals surface area contributed by atoms with Gasteiger partial charge in [0.05, 0.1) is 5.56 Å². The zero-order valence-electron chi connectivity index (χ0n) is 10.9. The van der Waals surface area contributed by atoms with E-state index in [0.717, 1.165) is 13.1 Å². The Morgan fingerprint density at radius 3 is 2.72 bits per heavy atom. The lowest BCUT2D eigenvalue weighted by molar-refractivity contribution is 0.0941. The minimum absolute atomic E-state index is 0.0841. The highest BCUT2D eigenvalue weighted by atomic mass is 16.1. The van der Waals surface area contributed by atoms with Crippen molar-refractivity contribution in [3.05, 3.63) is 29.8 Å². The Balaban J connectivity index is 1.86. The van der Waals surface area contributed by atoms with Crippen molar-refractivity contribution in [2.75, 3.05) is 25.4 Å². The average Bonchev–Trinajstić information content (AvgIpc) is 2.90. The normalized spacial score (nSPS) is 17.6. The predicted octanol–water partition coefficient (Wildman–Crippen LogP) is 1.48. The molecule has 1 heterocycles. The first-order valence-corrected chi connectivity index (χ1v) is 6.55. The predicted molar refractivity (Wildman–Crippen MR) is 73.5 cm³/mol. The number of nitrogen functional groups attached to an aromatic ring is 1. The number of hydrogen-bond acceptors (Lipinski definition) is 3. The van der Waals surface area contributed by atoms with Crippen molar-refractivity contribution in [1.82, 2.24) is 10.2 Å². The summed E-state index contributed by atoms with van der Waals surface area (Å²) in [7, 11) is 0. The summed E-state index contributed by atoms with van der Waals surface area (Å²) in [6.45, 7) is 5.11. The van der Waals surface area contributed by atoms with E-state index < -0.39 is 0 Å². The van der Waals surface area contributed by atoms with Gasteiger partial charge in [-0.2, -0.15) is 0 Å². The fourth-order valence-corrected chi connectivity index (χ4v) is 2.35. The molecule has 0 bridgehead atoms. The summed E-state index contributed by atoms with van der Waals surface area (Å²) in [5.41, 5.74) is 6.87. The molecule has 1 aromatic rings. The Kier molecular flexibility index (Phi) is 4.20. The summed E-state index contributed by atoms with van der Waals surface area (Å²) < 4.78 is 0. The van der Waals surface area contributed by atoms with E-state index >= 15 is 0 Å². The molecule has 0 spiro atoms. The van der Waals surface area contributed by atoms with Crippen molar-refractivity contribution in [3.63, 3.8) is 0 Å². The second kappa shape index (κ2) is 5.87. The Labute approximate surface area is 108 Å². The summed E-state index contributed by atoms with van der Waals surface area (Å²) >= 11 is 0. The van der Waals surface area contributed by atoms with Gasteiger partial charge in [-0.3, -0.25) is 9.69 Å². The molecule has 1 atom stereocenters. The number of likely N-dealkylation sites (tertiary alicyclic amines) is 1. The molecule has 0 aliphatic carbocycles. The molecule has 4 nitrogen and oxygen atoms in total. The topological polar surface area (TPSA) is 58.4 Å². The molecule has 1 saturated heterocycles. The molecule has 0 saturated carbocycles. The summed E-state index contributed by atoms with van der Waals surface area (Å²) in [6.07, 6.45) is 2.54. The molecule has 1 fully saturated rings. The maximum Gasteiger partial charge on any atom is 0.253 e. The van der Waals surface area contributed by atoms with Crippen LogP contribution in [0.4, 0.5) is 5.69 Å². The van der Waals surface area contributed by atoms with Crippen molar-refractivity contribution in [2.45, 2.75) is 25.8 Å². The molecule has 1 unspecified atom stereocenters. The van der Waals surface area contributed by atoms with Crippen LogP contribution in [0.5, 0.6) is 0 Å². The van der Waals surface area contributed by atoms with Gasteiger partial charge in [-0.25, -0.2) is 0 Å². The Morgan fingerprint density at radius 2 is 2.06 bits per heavy atom. The molecular weight excluding hydrogens is 226 g/mol. The average molecular weight is 247 g/mol. The third kappa shape index (κ3) is 3.01. The van der Waals surface area contributed by atoms with E-state index in [1.54, 1.807) is 12.1 Å². The van der Waals surface area contributed by atoms with Gasteiger partial charge in [0, 0.05) is 18.3 Å². The molecule has 1 aromatic carbocycles.